The summed E-state index contributed by atoms with van der Waals surface area (Å²) < 4.78 is 22.5. The van der Waals surface area contributed by atoms with Crippen molar-refractivity contribution in [2.45, 2.75) is 103 Å². The Morgan fingerprint density at radius 3 is 1.45 bits per heavy atom. The molecule has 0 radical (unpaired) electrons. The van der Waals surface area contributed by atoms with E-state index in [1.165, 1.54) is 19.8 Å². The summed E-state index contributed by atoms with van der Waals surface area (Å²) in [7, 11) is 2.89. The third-order valence-corrected chi connectivity index (χ3v) is 7.90. The first kappa shape index (κ1) is 33.2. The van der Waals surface area contributed by atoms with E-state index < -0.39 is 0 Å². The molecule has 3 aromatic rings. The molecule has 0 unspecified atom stereocenters. The average molecular weight is 579 g/mol. The van der Waals surface area contributed by atoms with E-state index in [-0.39, 0.29) is 11.9 Å². The van der Waals surface area contributed by atoms with Gasteiger partial charge in [0.05, 0.1) is 27.4 Å². The number of fused-ring (bicyclic) bond motifs is 2. The molecule has 0 atom stereocenters. The Hall–Kier alpha value is -3.28. The topological polar surface area (TPSA) is 71.1 Å². The van der Waals surface area contributed by atoms with Crippen LogP contribution in [0.5, 0.6) is 11.5 Å². The van der Waals surface area contributed by atoms with E-state index in [9.17, 15) is 9.59 Å². The lowest BCUT2D eigenvalue weighted by Gasteiger charge is -2.18. The molecule has 0 aliphatic heterocycles. The van der Waals surface area contributed by atoms with Crippen molar-refractivity contribution >= 4 is 33.5 Å². The van der Waals surface area contributed by atoms with Crippen LogP contribution in [0, 0.1) is 0 Å². The average Bonchev–Trinajstić information content (AvgIpc) is 3.02. The van der Waals surface area contributed by atoms with Gasteiger partial charge in [-0.15, -0.1) is 0 Å². The molecule has 0 aliphatic carbocycles. The van der Waals surface area contributed by atoms with Gasteiger partial charge in [0.15, 0.2) is 0 Å². The first-order valence-electron chi connectivity index (χ1n) is 16.0. The zero-order chi connectivity index (χ0) is 30.0. The maximum absolute atomic E-state index is 11.3. The number of methoxy groups -OCH3 is 2. The third kappa shape index (κ3) is 10.5. The minimum Gasteiger partial charge on any atom is -0.492 e. The number of aryl methyl sites for hydroxylation is 1. The Bertz CT molecular complexity index is 1250. The molecule has 3 rings (SSSR count). The summed E-state index contributed by atoms with van der Waals surface area (Å²) in [5.74, 6) is 1.66. The van der Waals surface area contributed by atoms with Crippen LogP contribution in [0.25, 0.3) is 21.5 Å². The number of esters is 2. The molecular formula is C36H50O6. The van der Waals surface area contributed by atoms with Crippen LogP contribution in [-0.2, 0) is 25.5 Å². The van der Waals surface area contributed by atoms with Crippen LogP contribution in [0.4, 0.5) is 0 Å². The monoisotopic (exact) mass is 578 g/mol. The van der Waals surface area contributed by atoms with Crippen LogP contribution >= 0.6 is 0 Å². The van der Waals surface area contributed by atoms with E-state index >= 15 is 0 Å². The SMILES string of the molecule is CCc1ccc2c(OCCCCCCCCC(=O)OC)c3ccccc3c(OCCCCCCCCC(=O)OC)c2c1. The van der Waals surface area contributed by atoms with Crippen molar-refractivity contribution in [1.29, 1.82) is 0 Å². The number of hydrogen-bond donors (Lipinski definition) is 0. The number of hydrogen-bond acceptors (Lipinski definition) is 6. The molecule has 3 aromatic carbocycles. The minimum absolute atomic E-state index is 0.119. The smallest absolute Gasteiger partial charge is 0.305 e. The highest BCUT2D eigenvalue weighted by atomic mass is 16.5. The lowest BCUT2D eigenvalue weighted by atomic mass is 9.98. The van der Waals surface area contributed by atoms with E-state index in [1.807, 2.05) is 0 Å². The van der Waals surface area contributed by atoms with Crippen LogP contribution in [0.2, 0.25) is 0 Å². The fraction of sp³-hybridized carbons (Fsp3) is 0.556. The van der Waals surface area contributed by atoms with Gasteiger partial charge in [-0.05, 0) is 43.7 Å². The Kier molecular flexibility index (Phi) is 15.0. The molecule has 0 saturated carbocycles. The largest absolute Gasteiger partial charge is 0.492 e. The van der Waals surface area contributed by atoms with Crippen LogP contribution in [-0.4, -0.2) is 39.4 Å². The van der Waals surface area contributed by atoms with E-state index in [4.69, 9.17) is 18.9 Å². The summed E-state index contributed by atoms with van der Waals surface area (Å²) in [4.78, 5) is 22.5. The van der Waals surface area contributed by atoms with E-state index in [2.05, 4.69) is 49.4 Å². The van der Waals surface area contributed by atoms with Crippen LogP contribution in [0.15, 0.2) is 42.5 Å². The van der Waals surface area contributed by atoms with Gasteiger partial charge < -0.3 is 18.9 Å². The molecule has 0 aromatic heterocycles. The van der Waals surface area contributed by atoms with Gasteiger partial charge in [0.1, 0.15) is 11.5 Å². The first-order chi connectivity index (χ1) is 20.6. The minimum atomic E-state index is -0.120. The second-order valence-electron chi connectivity index (χ2n) is 11.0. The predicted molar refractivity (Wildman–Crippen MR) is 170 cm³/mol. The summed E-state index contributed by atoms with van der Waals surface area (Å²) in [6.07, 6.45) is 14.7. The lowest BCUT2D eigenvalue weighted by Crippen LogP contribution is -2.03. The van der Waals surface area contributed by atoms with Crippen molar-refractivity contribution in [3.63, 3.8) is 0 Å². The maximum atomic E-state index is 11.3. The van der Waals surface area contributed by atoms with E-state index in [1.54, 1.807) is 0 Å². The second kappa shape index (κ2) is 19.0. The fourth-order valence-corrected chi connectivity index (χ4v) is 5.39. The first-order valence-corrected chi connectivity index (χ1v) is 16.0. The molecule has 230 valence electrons. The number of benzene rings is 3. The van der Waals surface area contributed by atoms with Gasteiger partial charge >= 0.3 is 11.9 Å². The quantitative estimate of drug-likeness (QED) is 0.0713. The van der Waals surface area contributed by atoms with Crippen LogP contribution in [0.3, 0.4) is 0 Å². The number of ether oxygens (including phenoxy) is 4. The second-order valence-corrected chi connectivity index (χ2v) is 11.0. The Morgan fingerprint density at radius 1 is 0.548 bits per heavy atom. The van der Waals surface area contributed by atoms with Gasteiger partial charge in [-0.3, -0.25) is 9.59 Å². The lowest BCUT2D eigenvalue weighted by molar-refractivity contribution is -0.141. The Morgan fingerprint density at radius 2 is 0.976 bits per heavy atom. The van der Waals surface area contributed by atoms with Crippen molar-refractivity contribution in [2.24, 2.45) is 0 Å². The van der Waals surface area contributed by atoms with Crippen molar-refractivity contribution in [3.8, 4) is 11.5 Å². The number of carbonyl (C=O) groups is 2. The molecule has 0 saturated heterocycles. The van der Waals surface area contributed by atoms with Gasteiger partial charge in [0.2, 0.25) is 0 Å². The van der Waals surface area contributed by atoms with Crippen molar-refractivity contribution in [2.75, 3.05) is 27.4 Å². The molecular weight excluding hydrogens is 528 g/mol. The number of unbranched alkanes of at least 4 members (excludes halogenated alkanes) is 10. The van der Waals surface area contributed by atoms with Crippen LogP contribution < -0.4 is 9.47 Å². The summed E-state index contributed by atoms with van der Waals surface area (Å²) in [5, 5.41) is 4.42. The van der Waals surface area contributed by atoms with Gasteiger partial charge in [0.25, 0.3) is 0 Å². The molecule has 6 heteroatoms. The highest BCUT2D eigenvalue weighted by Crippen LogP contribution is 2.43. The summed E-state index contributed by atoms with van der Waals surface area (Å²) >= 11 is 0. The zero-order valence-electron chi connectivity index (χ0n) is 26.0. The van der Waals surface area contributed by atoms with E-state index in [0.29, 0.717) is 26.1 Å². The molecule has 42 heavy (non-hydrogen) atoms. The summed E-state index contributed by atoms with van der Waals surface area (Å²) in [5.41, 5.74) is 1.28. The molecule has 0 bridgehead atoms. The van der Waals surface area contributed by atoms with Gasteiger partial charge in [-0.2, -0.15) is 0 Å². The standard InChI is InChI=1S/C36H50O6/c1-4-28-23-24-31-32(27-28)36(42-26-18-12-8-6-10-14-22-34(38)40-3)30-20-16-15-19-29(30)35(31)41-25-17-11-7-5-9-13-21-33(37)39-2/h15-16,19-20,23-24,27H,4-14,17-18,21-22,25-26H2,1-3H3. The molecule has 0 aliphatic rings. The van der Waals surface area contributed by atoms with Crippen molar-refractivity contribution < 1.29 is 28.5 Å². The van der Waals surface area contributed by atoms with Crippen molar-refractivity contribution in [1.82, 2.24) is 0 Å². The fourth-order valence-electron chi connectivity index (χ4n) is 5.39. The normalized spacial score (nSPS) is 11.1. The summed E-state index contributed by atoms with van der Waals surface area (Å²) in [6.45, 7) is 3.54. The molecule has 0 heterocycles. The third-order valence-electron chi connectivity index (χ3n) is 7.90. The highest BCUT2D eigenvalue weighted by molar-refractivity contribution is 6.11. The maximum Gasteiger partial charge on any atom is 0.305 e. The number of carbonyl (C=O) groups excluding carboxylic acids is 2. The molecule has 0 spiro atoms. The molecule has 6 nitrogen and oxygen atoms in total. The molecule has 0 fully saturated rings. The van der Waals surface area contributed by atoms with Crippen LogP contribution in [0.1, 0.15) is 102 Å². The Balaban J connectivity index is 1.58. The van der Waals surface area contributed by atoms with Gasteiger partial charge in [-0.1, -0.05) is 94.7 Å². The Labute approximate surface area is 252 Å². The zero-order valence-corrected chi connectivity index (χ0v) is 26.0. The molecule has 0 amide bonds. The summed E-state index contributed by atoms with van der Waals surface area (Å²) in [6, 6.07) is 15.1. The van der Waals surface area contributed by atoms with E-state index in [0.717, 1.165) is 117 Å². The highest BCUT2D eigenvalue weighted by Gasteiger charge is 2.16. The number of rotatable bonds is 21. The molecule has 0 N–H and O–H groups in total. The van der Waals surface area contributed by atoms with Gasteiger partial charge in [0, 0.05) is 34.4 Å². The van der Waals surface area contributed by atoms with Gasteiger partial charge in [-0.25, -0.2) is 0 Å². The predicted octanol–water partition coefficient (Wildman–Crippen LogP) is 9.12. The van der Waals surface area contributed by atoms with Crippen molar-refractivity contribution in [3.05, 3.63) is 48.0 Å².